The topological polar surface area (TPSA) is 107 Å². The lowest BCUT2D eigenvalue weighted by Gasteiger charge is -2.11. The van der Waals surface area contributed by atoms with Crippen LogP contribution in [0.4, 0.5) is 16.0 Å². The van der Waals surface area contributed by atoms with Gasteiger partial charge in [0.1, 0.15) is 36.1 Å². The van der Waals surface area contributed by atoms with E-state index >= 15 is 0 Å². The predicted octanol–water partition coefficient (Wildman–Crippen LogP) is 3.82. The minimum absolute atomic E-state index is 0. The van der Waals surface area contributed by atoms with E-state index in [1.807, 2.05) is 14.0 Å². The van der Waals surface area contributed by atoms with E-state index in [0.29, 0.717) is 47.2 Å². The van der Waals surface area contributed by atoms with Gasteiger partial charge < -0.3 is 20.1 Å². The first-order chi connectivity index (χ1) is 15.1. The average Bonchev–Trinajstić information content (AvgIpc) is 2.78. The highest BCUT2D eigenvalue weighted by atomic mass is 35.5. The number of aromatic nitrogens is 5. The highest BCUT2D eigenvalue weighted by Crippen LogP contribution is 2.30. The van der Waals surface area contributed by atoms with Crippen molar-refractivity contribution < 1.29 is 13.9 Å². The molecule has 3 aromatic heterocycles. The molecule has 9 nitrogen and oxygen atoms in total. The van der Waals surface area contributed by atoms with E-state index in [2.05, 4.69) is 35.6 Å². The minimum atomic E-state index is -0.625. The average molecular weight is 458 g/mol. The number of rotatable bonds is 8. The fourth-order valence-corrected chi connectivity index (χ4v) is 2.72. The number of nitrogens with zero attached hydrogens (tertiary/aromatic N) is 5. The molecule has 0 amide bonds. The summed E-state index contributed by atoms with van der Waals surface area (Å²) >= 11 is 0. The van der Waals surface area contributed by atoms with E-state index in [1.165, 1.54) is 18.6 Å². The van der Waals surface area contributed by atoms with Gasteiger partial charge in [-0.1, -0.05) is 0 Å². The molecule has 0 aliphatic carbocycles. The second-order valence-corrected chi connectivity index (χ2v) is 6.58. The maximum absolute atomic E-state index is 14.4. The number of fused-ring (bicyclic) bond motifs is 1. The van der Waals surface area contributed by atoms with E-state index in [0.717, 1.165) is 5.69 Å². The van der Waals surface area contributed by atoms with Gasteiger partial charge in [0, 0.05) is 18.0 Å². The van der Waals surface area contributed by atoms with Crippen LogP contribution >= 0.6 is 12.4 Å². The summed E-state index contributed by atoms with van der Waals surface area (Å²) in [5.41, 5.74) is 1.49. The van der Waals surface area contributed by atoms with E-state index in [1.54, 1.807) is 30.6 Å². The fraction of sp³-hybridized carbons (Fsp3) is 0.190. The van der Waals surface area contributed by atoms with Crippen LogP contribution in [-0.2, 0) is 0 Å². The maximum Gasteiger partial charge on any atom is 0.256 e. The largest absolute Gasteiger partial charge is 0.491 e. The Labute approximate surface area is 189 Å². The van der Waals surface area contributed by atoms with Crippen LogP contribution in [0.3, 0.4) is 0 Å². The summed E-state index contributed by atoms with van der Waals surface area (Å²) in [6.45, 7) is 2.90. The van der Waals surface area contributed by atoms with Crippen molar-refractivity contribution >= 4 is 34.9 Å². The Morgan fingerprint density at radius 3 is 2.59 bits per heavy atom. The van der Waals surface area contributed by atoms with Gasteiger partial charge in [-0.2, -0.15) is 0 Å². The Morgan fingerprint density at radius 2 is 1.84 bits per heavy atom. The summed E-state index contributed by atoms with van der Waals surface area (Å²) in [6, 6.07) is 6.39. The molecule has 4 aromatic rings. The first-order valence-corrected chi connectivity index (χ1v) is 9.53. The molecule has 32 heavy (non-hydrogen) atoms. The number of benzene rings is 1. The number of pyridine rings is 1. The molecule has 0 aliphatic heterocycles. The minimum Gasteiger partial charge on any atom is -0.491 e. The number of hydrogen-bond donors (Lipinski definition) is 2. The fourth-order valence-electron chi connectivity index (χ4n) is 2.72. The lowest BCUT2D eigenvalue weighted by molar-refractivity contribution is 0.312. The van der Waals surface area contributed by atoms with Gasteiger partial charge in [-0.15, -0.1) is 12.4 Å². The molecule has 1 aromatic carbocycles. The molecule has 0 aliphatic rings. The molecule has 0 bridgehead atoms. The quantitative estimate of drug-likeness (QED) is 0.382. The van der Waals surface area contributed by atoms with Crippen molar-refractivity contribution in [2.45, 2.75) is 6.92 Å². The molecule has 2 N–H and O–H groups in total. The monoisotopic (exact) mass is 457 g/mol. The molecule has 0 saturated heterocycles. The van der Waals surface area contributed by atoms with Crippen molar-refractivity contribution in [2.24, 2.45) is 0 Å². The van der Waals surface area contributed by atoms with Crippen molar-refractivity contribution in [1.29, 1.82) is 0 Å². The van der Waals surface area contributed by atoms with E-state index in [-0.39, 0.29) is 18.3 Å². The Hall–Kier alpha value is -3.63. The van der Waals surface area contributed by atoms with Crippen LogP contribution in [0.1, 0.15) is 5.69 Å². The first-order valence-electron chi connectivity index (χ1n) is 9.53. The zero-order valence-electron chi connectivity index (χ0n) is 17.4. The van der Waals surface area contributed by atoms with Crippen molar-refractivity contribution in [3.63, 3.8) is 0 Å². The van der Waals surface area contributed by atoms with Crippen LogP contribution in [0.5, 0.6) is 17.4 Å². The molecule has 0 radical (unpaired) electrons. The van der Waals surface area contributed by atoms with Crippen LogP contribution in [0.15, 0.2) is 49.2 Å². The molecule has 0 fully saturated rings. The summed E-state index contributed by atoms with van der Waals surface area (Å²) in [7, 11) is 1.81. The Bertz CT molecular complexity index is 1190. The molecule has 11 heteroatoms. The van der Waals surface area contributed by atoms with Gasteiger partial charge in [0.05, 0.1) is 29.8 Å². The van der Waals surface area contributed by atoms with Gasteiger partial charge in [-0.05, 0) is 32.2 Å². The summed E-state index contributed by atoms with van der Waals surface area (Å²) in [5.74, 6) is 0.998. The third-order valence-corrected chi connectivity index (χ3v) is 4.25. The van der Waals surface area contributed by atoms with Gasteiger partial charge in [0.15, 0.2) is 5.82 Å². The third kappa shape index (κ3) is 5.54. The molecule has 0 atom stereocenters. The summed E-state index contributed by atoms with van der Waals surface area (Å²) in [6.07, 6.45) is 6.13. The number of anilines is 2. The number of nitrogens with one attached hydrogen (secondary N) is 2. The predicted molar refractivity (Wildman–Crippen MR) is 121 cm³/mol. The Kier molecular flexibility index (Phi) is 7.63. The molecule has 4 rings (SSSR count). The Morgan fingerprint density at radius 1 is 0.969 bits per heavy atom. The summed E-state index contributed by atoms with van der Waals surface area (Å²) in [4.78, 5) is 21.0. The maximum atomic E-state index is 14.4. The standard InChI is InChI=1S/C21H20FN7O2.ClH/c1-13-9-25-19(11-24-13)29-20-16-7-14(3-4-18(16)27-12-28-20)31-21-17(22)8-15(10-26-21)30-6-5-23-2;/h3-4,7-12,23H,5-6H2,1-2H3,(H,25,27,28,29);1H. The SMILES string of the molecule is CNCCOc1cnc(Oc2ccc3ncnc(Nc4cnc(C)cn4)c3c2)c(F)c1.Cl. The number of likely N-dealkylation sites (N-methyl/N-ethyl adjacent to an activating group) is 1. The van der Waals surface area contributed by atoms with Crippen LogP contribution < -0.4 is 20.1 Å². The molecular formula is C21H21ClFN7O2. The van der Waals surface area contributed by atoms with E-state index in [4.69, 9.17) is 9.47 Å². The molecule has 0 spiro atoms. The van der Waals surface area contributed by atoms with Gasteiger partial charge in [-0.25, -0.2) is 24.3 Å². The van der Waals surface area contributed by atoms with Gasteiger partial charge >= 0.3 is 0 Å². The van der Waals surface area contributed by atoms with Crippen LogP contribution in [0.2, 0.25) is 0 Å². The highest BCUT2D eigenvalue weighted by molar-refractivity contribution is 5.91. The van der Waals surface area contributed by atoms with Crippen molar-refractivity contribution in [1.82, 2.24) is 30.2 Å². The van der Waals surface area contributed by atoms with Crippen molar-refractivity contribution in [3.05, 3.63) is 60.7 Å². The van der Waals surface area contributed by atoms with Gasteiger partial charge in [-0.3, -0.25) is 4.98 Å². The van der Waals surface area contributed by atoms with Crippen molar-refractivity contribution in [3.8, 4) is 17.4 Å². The lowest BCUT2D eigenvalue weighted by atomic mass is 10.2. The van der Waals surface area contributed by atoms with E-state index in [9.17, 15) is 4.39 Å². The summed E-state index contributed by atoms with van der Waals surface area (Å²) < 4.78 is 25.5. The van der Waals surface area contributed by atoms with Crippen LogP contribution in [-0.4, -0.2) is 45.1 Å². The van der Waals surface area contributed by atoms with Gasteiger partial charge in [0.25, 0.3) is 5.88 Å². The van der Waals surface area contributed by atoms with Gasteiger partial charge in [0.2, 0.25) is 0 Å². The molecular weight excluding hydrogens is 437 g/mol. The Balaban J connectivity index is 0.00000289. The van der Waals surface area contributed by atoms with Crippen LogP contribution in [0.25, 0.3) is 10.9 Å². The second kappa shape index (κ2) is 10.6. The number of hydrogen-bond acceptors (Lipinski definition) is 9. The number of aryl methyl sites for hydroxylation is 1. The molecule has 0 unspecified atom stereocenters. The highest BCUT2D eigenvalue weighted by Gasteiger charge is 2.11. The van der Waals surface area contributed by atoms with Crippen LogP contribution in [0, 0.1) is 12.7 Å². The van der Waals surface area contributed by atoms with E-state index < -0.39 is 5.82 Å². The number of ether oxygens (including phenoxy) is 2. The molecule has 166 valence electrons. The zero-order chi connectivity index (χ0) is 21.6. The smallest absolute Gasteiger partial charge is 0.256 e. The first kappa shape index (κ1) is 23.0. The summed E-state index contributed by atoms with van der Waals surface area (Å²) in [5, 5.41) is 6.74. The molecule has 3 heterocycles. The molecule has 0 saturated carbocycles. The van der Waals surface area contributed by atoms with Crippen molar-refractivity contribution in [2.75, 3.05) is 25.5 Å². The lowest BCUT2D eigenvalue weighted by Crippen LogP contribution is -2.16. The second-order valence-electron chi connectivity index (χ2n) is 6.58. The number of halogens is 2. The normalized spacial score (nSPS) is 10.5. The zero-order valence-corrected chi connectivity index (χ0v) is 18.2. The third-order valence-electron chi connectivity index (χ3n) is 4.25.